The lowest BCUT2D eigenvalue weighted by molar-refractivity contribution is -0.312. The van der Waals surface area contributed by atoms with Gasteiger partial charge in [0.25, 0.3) is 0 Å². The van der Waals surface area contributed by atoms with Crippen molar-refractivity contribution >= 4 is 12.3 Å². The normalized spacial score (nSPS) is 11.8. The fourth-order valence-electron chi connectivity index (χ4n) is 0.913. The van der Waals surface area contributed by atoms with Gasteiger partial charge in [0.1, 0.15) is 18.1 Å². The Morgan fingerprint density at radius 1 is 1.57 bits per heavy atom. The molecule has 0 unspecified atom stereocenters. The van der Waals surface area contributed by atoms with Crippen LogP contribution in [-0.2, 0) is 4.79 Å². The van der Waals surface area contributed by atoms with E-state index in [1.165, 1.54) is 13.0 Å². The largest absolute Gasteiger partial charge is 0.546 e. The van der Waals surface area contributed by atoms with E-state index in [0.717, 1.165) is 0 Å². The smallest absolute Gasteiger partial charge is 0.150 e. The minimum atomic E-state index is -1.29. The van der Waals surface area contributed by atoms with Crippen LogP contribution in [0.5, 0.6) is 5.75 Å². The molecule has 14 heavy (non-hydrogen) atoms. The Morgan fingerprint density at radius 3 is 2.86 bits per heavy atom. The van der Waals surface area contributed by atoms with Crippen molar-refractivity contribution in [2.45, 2.75) is 13.0 Å². The first-order valence-corrected chi connectivity index (χ1v) is 4.06. The number of benzene rings is 1. The number of rotatable bonds is 4. The van der Waals surface area contributed by atoms with Crippen molar-refractivity contribution in [1.82, 2.24) is 0 Å². The van der Waals surface area contributed by atoms with Gasteiger partial charge in [-0.1, -0.05) is 12.1 Å². The molecule has 0 radical (unpaired) electrons. The van der Waals surface area contributed by atoms with Gasteiger partial charge in [0.2, 0.25) is 0 Å². The number of ether oxygens (including phenoxy) is 1. The monoisotopic (exact) mass is 193 g/mol. The first-order chi connectivity index (χ1) is 6.63. The van der Waals surface area contributed by atoms with Gasteiger partial charge < -0.3 is 14.6 Å². The Morgan fingerprint density at radius 2 is 2.29 bits per heavy atom. The van der Waals surface area contributed by atoms with Gasteiger partial charge in [0, 0.05) is 5.56 Å². The number of carboxylic acids is 1. The minimum Gasteiger partial charge on any atom is -0.546 e. The molecule has 0 saturated heterocycles. The minimum absolute atomic E-state index is 0.339. The Bertz CT molecular complexity index is 346. The second-order valence-corrected chi connectivity index (χ2v) is 2.77. The molecule has 1 rings (SSSR count). The Kier molecular flexibility index (Phi) is 3.23. The van der Waals surface area contributed by atoms with E-state index in [-0.39, 0.29) is 0 Å². The van der Waals surface area contributed by atoms with Crippen molar-refractivity contribution in [2.75, 3.05) is 0 Å². The van der Waals surface area contributed by atoms with Crippen molar-refractivity contribution in [3.8, 4) is 5.75 Å². The van der Waals surface area contributed by atoms with E-state index < -0.39 is 12.1 Å². The Hall–Kier alpha value is -1.84. The van der Waals surface area contributed by atoms with Crippen LogP contribution >= 0.6 is 0 Å². The van der Waals surface area contributed by atoms with Gasteiger partial charge in [0.05, 0.1) is 5.97 Å². The SMILES string of the molecule is C[C@H](Oc1cccc(C=O)c1)C(=O)[O-]. The molecule has 0 spiro atoms. The molecule has 0 bridgehead atoms. The van der Waals surface area contributed by atoms with E-state index in [4.69, 9.17) is 4.74 Å². The van der Waals surface area contributed by atoms with Gasteiger partial charge in [-0.25, -0.2) is 0 Å². The van der Waals surface area contributed by atoms with Crippen LogP contribution in [0.2, 0.25) is 0 Å². The Balaban J connectivity index is 2.76. The van der Waals surface area contributed by atoms with Crippen LogP contribution in [0, 0.1) is 0 Å². The molecule has 1 aromatic carbocycles. The van der Waals surface area contributed by atoms with Crippen LogP contribution in [0.3, 0.4) is 0 Å². The summed E-state index contributed by atoms with van der Waals surface area (Å²) in [6, 6.07) is 6.25. The number of carbonyl (C=O) groups is 2. The molecule has 0 fully saturated rings. The average molecular weight is 193 g/mol. The second kappa shape index (κ2) is 4.41. The molecule has 0 heterocycles. The van der Waals surface area contributed by atoms with Crippen LogP contribution in [0.1, 0.15) is 17.3 Å². The van der Waals surface area contributed by atoms with Crippen molar-refractivity contribution in [1.29, 1.82) is 0 Å². The second-order valence-electron chi connectivity index (χ2n) is 2.77. The fourth-order valence-corrected chi connectivity index (χ4v) is 0.913. The summed E-state index contributed by atoms with van der Waals surface area (Å²) in [6.07, 6.45) is -0.367. The van der Waals surface area contributed by atoms with Crippen LogP contribution in [0.4, 0.5) is 0 Å². The first-order valence-electron chi connectivity index (χ1n) is 4.06. The van der Waals surface area contributed by atoms with E-state index in [9.17, 15) is 14.7 Å². The quantitative estimate of drug-likeness (QED) is 0.632. The van der Waals surface area contributed by atoms with Crippen molar-refractivity contribution in [2.24, 2.45) is 0 Å². The van der Waals surface area contributed by atoms with Crippen molar-refractivity contribution in [3.63, 3.8) is 0 Å². The van der Waals surface area contributed by atoms with Crippen molar-refractivity contribution < 1.29 is 19.4 Å². The fraction of sp³-hybridized carbons (Fsp3) is 0.200. The first kappa shape index (κ1) is 10.2. The number of aldehydes is 1. The van der Waals surface area contributed by atoms with Gasteiger partial charge in [-0.2, -0.15) is 0 Å². The summed E-state index contributed by atoms with van der Waals surface area (Å²) in [5, 5.41) is 10.4. The summed E-state index contributed by atoms with van der Waals surface area (Å²) in [5.74, 6) is -0.951. The van der Waals surface area contributed by atoms with E-state index in [1.54, 1.807) is 18.2 Å². The highest BCUT2D eigenvalue weighted by Gasteiger charge is 2.04. The predicted molar refractivity (Wildman–Crippen MR) is 46.9 cm³/mol. The molecular formula is C10H9O4-. The summed E-state index contributed by atoms with van der Waals surface area (Å²) in [6.45, 7) is 1.36. The van der Waals surface area contributed by atoms with E-state index in [0.29, 0.717) is 17.6 Å². The molecular weight excluding hydrogens is 184 g/mol. The highest BCUT2D eigenvalue weighted by molar-refractivity contribution is 5.75. The molecule has 4 heteroatoms. The molecule has 1 atom stereocenters. The van der Waals surface area contributed by atoms with Crippen LogP contribution < -0.4 is 9.84 Å². The summed E-state index contributed by atoms with van der Waals surface area (Å²) >= 11 is 0. The van der Waals surface area contributed by atoms with Gasteiger partial charge >= 0.3 is 0 Å². The third kappa shape index (κ3) is 2.58. The van der Waals surface area contributed by atoms with Crippen molar-refractivity contribution in [3.05, 3.63) is 29.8 Å². The van der Waals surface area contributed by atoms with Gasteiger partial charge in [-0.3, -0.25) is 4.79 Å². The zero-order valence-electron chi connectivity index (χ0n) is 7.60. The zero-order valence-corrected chi connectivity index (χ0v) is 7.60. The van der Waals surface area contributed by atoms with Gasteiger partial charge in [0.15, 0.2) is 0 Å². The molecule has 0 N–H and O–H groups in total. The van der Waals surface area contributed by atoms with E-state index in [2.05, 4.69) is 0 Å². The van der Waals surface area contributed by atoms with E-state index >= 15 is 0 Å². The molecule has 0 aliphatic carbocycles. The third-order valence-corrected chi connectivity index (χ3v) is 1.64. The maximum Gasteiger partial charge on any atom is 0.150 e. The lowest BCUT2D eigenvalue weighted by Crippen LogP contribution is -2.37. The number of carbonyl (C=O) groups excluding carboxylic acids is 2. The summed E-state index contributed by atoms with van der Waals surface area (Å²) in [5.41, 5.74) is 0.438. The lowest BCUT2D eigenvalue weighted by Gasteiger charge is -2.15. The molecule has 0 aromatic heterocycles. The standard InChI is InChI=1S/C10H10O4/c1-7(10(12)13)14-9-4-2-3-8(5-9)6-11/h2-7H,1H3,(H,12,13)/p-1/t7-/m0/s1. The highest BCUT2D eigenvalue weighted by Crippen LogP contribution is 2.13. The van der Waals surface area contributed by atoms with Gasteiger partial charge in [-0.05, 0) is 19.1 Å². The molecule has 0 aliphatic rings. The van der Waals surface area contributed by atoms with E-state index in [1.807, 2.05) is 0 Å². The lowest BCUT2D eigenvalue weighted by atomic mass is 10.2. The number of hydrogen-bond donors (Lipinski definition) is 0. The summed E-state index contributed by atoms with van der Waals surface area (Å²) < 4.78 is 5.00. The maximum absolute atomic E-state index is 10.4. The number of aliphatic carboxylic acids is 1. The van der Waals surface area contributed by atoms with Gasteiger partial charge in [-0.15, -0.1) is 0 Å². The zero-order chi connectivity index (χ0) is 10.6. The molecule has 4 nitrogen and oxygen atoms in total. The predicted octanol–water partition coefficient (Wildman–Crippen LogP) is 0.0163. The molecule has 0 saturated carbocycles. The molecule has 0 aliphatic heterocycles. The maximum atomic E-state index is 10.4. The molecule has 1 aromatic rings. The van der Waals surface area contributed by atoms with Crippen LogP contribution in [-0.4, -0.2) is 18.4 Å². The number of hydrogen-bond acceptors (Lipinski definition) is 4. The summed E-state index contributed by atoms with van der Waals surface area (Å²) in [7, 11) is 0. The molecule has 74 valence electrons. The topological polar surface area (TPSA) is 66.4 Å². The average Bonchev–Trinajstić information content (AvgIpc) is 2.18. The Labute approximate surface area is 81.1 Å². The molecule has 0 amide bonds. The number of carboxylic acid groups (broad SMARTS) is 1. The third-order valence-electron chi connectivity index (χ3n) is 1.64. The summed E-state index contributed by atoms with van der Waals surface area (Å²) in [4.78, 5) is 20.7. The van der Waals surface area contributed by atoms with Crippen LogP contribution in [0.15, 0.2) is 24.3 Å². The van der Waals surface area contributed by atoms with Crippen LogP contribution in [0.25, 0.3) is 0 Å². The highest BCUT2D eigenvalue weighted by atomic mass is 16.5.